The number of nitrogens with zero attached hydrogens (tertiary/aromatic N) is 3. The van der Waals surface area contributed by atoms with Crippen molar-refractivity contribution in [3.05, 3.63) is 46.4 Å². The summed E-state index contributed by atoms with van der Waals surface area (Å²) < 4.78 is 11.8. The number of anilines is 2. The number of ether oxygens (including phenoxy) is 2. The van der Waals surface area contributed by atoms with E-state index in [9.17, 15) is 9.59 Å². The Balaban J connectivity index is 1.86. The van der Waals surface area contributed by atoms with Crippen LogP contribution in [0, 0.1) is 0 Å². The molecule has 0 radical (unpaired) electrons. The topological polar surface area (TPSA) is 85.7 Å². The molecule has 0 saturated carbocycles. The lowest BCUT2D eigenvalue weighted by Crippen LogP contribution is -2.35. The maximum atomic E-state index is 12.6. The number of hydrogen-bond acceptors (Lipinski definition) is 6. The first-order chi connectivity index (χ1) is 13.1. The van der Waals surface area contributed by atoms with Crippen LogP contribution in [0.4, 0.5) is 11.6 Å². The summed E-state index contributed by atoms with van der Waals surface area (Å²) in [5.74, 6) is 0.761. The third-order valence-corrected chi connectivity index (χ3v) is 4.41. The van der Waals surface area contributed by atoms with Crippen molar-refractivity contribution < 1.29 is 14.3 Å². The zero-order valence-electron chi connectivity index (χ0n) is 15.6. The number of carbonyl (C=O) groups is 1. The third-order valence-electron chi connectivity index (χ3n) is 4.41. The molecule has 8 nitrogen and oxygen atoms in total. The van der Waals surface area contributed by atoms with Crippen LogP contribution in [0.15, 0.2) is 35.1 Å². The maximum absolute atomic E-state index is 12.6. The highest BCUT2D eigenvalue weighted by Crippen LogP contribution is 2.23. The molecule has 0 spiro atoms. The molecule has 2 heterocycles. The van der Waals surface area contributed by atoms with E-state index in [4.69, 9.17) is 9.47 Å². The Labute approximate surface area is 157 Å². The third kappa shape index (κ3) is 4.46. The SMILES string of the molecule is COCc1cc(=O)n(CC(=O)Nc2ccccc2OC)c(N2CCCC2)n1. The van der Waals surface area contributed by atoms with Gasteiger partial charge in [0.25, 0.3) is 5.56 Å². The number of rotatable bonds is 7. The lowest BCUT2D eigenvalue weighted by atomic mass is 10.3. The van der Waals surface area contributed by atoms with Crippen molar-refractivity contribution in [2.45, 2.75) is 26.0 Å². The quantitative estimate of drug-likeness (QED) is 0.795. The van der Waals surface area contributed by atoms with Gasteiger partial charge in [-0.1, -0.05) is 12.1 Å². The fourth-order valence-electron chi connectivity index (χ4n) is 3.15. The van der Waals surface area contributed by atoms with E-state index in [1.54, 1.807) is 32.4 Å². The molecule has 1 fully saturated rings. The Morgan fingerprint density at radius 3 is 2.67 bits per heavy atom. The number of aromatic nitrogens is 2. The summed E-state index contributed by atoms with van der Waals surface area (Å²) in [6, 6.07) is 8.56. The standard InChI is InChI=1S/C19H24N4O4/c1-26-13-14-11-18(25)23(19(20-14)22-9-5-6-10-22)12-17(24)21-15-7-3-4-8-16(15)27-2/h3-4,7-8,11H,5-6,9-10,12-13H2,1-2H3,(H,21,24). The smallest absolute Gasteiger partial charge is 0.255 e. The average Bonchev–Trinajstić information content (AvgIpc) is 3.19. The van der Waals surface area contributed by atoms with Crippen molar-refractivity contribution in [1.29, 1.82) is 0 Å². The van der Waals surface area contributed by atoms with Gasteiger partial charge < -0.3 is 19.7 Å². The fraction of sp³-hybridized carbons (Fsp3) is 0.421. The van der Waals surface area contributed by atoms with Crippen LogP contribution in [0.2, 0.25) is 0 Å². The first kappa shape index (κ1) is 18.9. The fourth-order valence-corrected chi connectivity index (χ4v) is 3.15. The van der Waals surface area contributed by atoms with E-state index < -0.39 is 0 Å². The van der Waals surface area contributed by atoms with Gasteiger partial charge in [0.05, 0.1) is 25.1 Å². The molecule has 0 bridgehead atoms. The summed E-state index contributed by atoms with van der Waals surface area (Å²) in [7, 11) is 3.10. The Morgan fingerprint density at radius 1 is 1.22 bits per heavy atom. The van der Waals surface area contributed by atoms with Crippen LogP contribution in [0.25, 0.3) is 0 Å². The van der Waals surface area contributed by atoms with Gasteiger partial charge in [-0.15, -0.1) is 0 Å². The summed E-state index contributed by atoms with van der Waals surface area (Å²) in [4.78, 5) is 31.8. The monoisotopic (exact) mass is 372 g/mol. The Kier molecular flexibility index (Phi) is 6.08. The molecule has 27 heavy (non-hydrogen) atoms. The van der Waals surface area contributed by atoms with Crippen LogP contribution in [0.1, 0.15) is 18.5 Å². The van der Waals surface area contributed by atoms with Crippen molar-refractivity contribution in [2.24, 2.45) is 0 Å². The highest BCUT2D eigenvalue weighted by molar-refractivity contribution is 5.92. The molecular weight excluding hydrogens is 348 g/mol. The maximum Gasteiger partial charge on any atom is 0.255 e. The van der Waals surface area contributed by atoms with Gasteiger partial charge in [0.1, 0.15) is 12.3 Å². The zero-order valence-corrected chi connectivity index (χ0v) is 15.6. The van der Waals surface area contributed by atoms with Gasteiger partial charge in [-0.2, -0.15) is 0 Å². The number of carbonyl (C=O) groups excluding carboxylic acids is 1. The van der Waals surface area contributed by atoms with Gasteiger partial charge in [0.2, 0.25) is 11.9 Å². The van der Waals surface area contributed by atoms with E-state index in [2.05, 4.69) is 10.3 Å². The summed E-state index contributed by atoms with van der Waals surface area (Å²) in [6.45, 7) is 1.77. The van der Waals surface area contributed by atoms with Crippen LogP contribution in [0.5, 0.6) is 5.75 Å². The first-order valence-electron chi connectivity index (χ1n) is 8.90. The molecule has 3 rings (SSSR count). The summed E-state index contributed by atoms with van der Waals surface area (Å²) in [5.41, 5.74) is 0.852. The van der Waals surface area contributed by atoms with Crippen molar-refractivity contribution in [1.82, 2.24) is 9.55 Å². The number of para-hydroxylation sites is 2. The molecule has 2 aromatic rings. The van der Waals surface area contributed by atoms with E-state index in [-0.39, 0.29) is 24.6 Å². The summed E-state index contributed by atoms with van der Waals surface area (Å²) in [5, 5.41) is 2.80. The number of methoxy groups -OCH3 is 2. The van der Waals surface area contributed by atoms with E-state index in [1.165, 1.54) is 10.6 Å². The lowest BCUT2D eigenvalue weighted by Gasteiger charge is -2.21. The van der Waals surface area contributed by atoms with E-state index >= 15 is 0 Å². The van der Waals surface area contributed by atoms with Crippen LogP contribution in [0.3, 0.4) is 0 Å². The Hall–Kier alpha value is -2.87. The van der Waals surface area contributed by atoms with Crippen LogP contribution in [-0.4, -0.2) is 42.8 Å². The lowest BCUT2D eigenvalue weighted by molar-refractivity contribution is -0.116. The minimum absolute atomic E-state index is 0.122. The number of amides is 1. The van der Waals surface area contributed by atoms with Gasteiger partial charge in [-0.05, 0) is 25.0 Å². The largest absolute Gasteiger partial charge is 0.495 e. The second kappa shape index (κ2) is 8.68. The second-order valence-corrected chi connectivity index (χ2v) is 6.35. The highest BCUT2D eigenvalue weighted by Gasteiger charge is 2.21. The molecule has 1 saturated heterocycles. The summed E-state index contributed by atoms with van der Waals surface area (Å²) in [6.07, 6.45) is 2.08. The Bertz CT molecular complexity index is 859. The predicted molar refractivity (Wildman–Crippen MR) is 102 cm³/mol. The zero-order chi connectivity index (χ0) is 19.2. The van der Waals surface area contributed by atoms with Gasteiger partial charge in [-0.3, -0.25) is 14.2 Å². The molecule has 1 aromatic heterocycles. The van der Waals surface area contributed by atoms with Gasteiger partial charge in [-0.25, -0.2) is 4.98 Å². The summed E-state index contributed by atoms with van der Waals surface area (Å²) >= 11 is 0. The van der Waals surface area contributed by atoms with Crippen molar-refractivity contribution in [3.8, 4) is 5.75 Å². The molecule has 0 aliphatic carbocycles. The molecule has 144 valence electrons. The first-order valence-corrected chi connectivity index (χ1v) is 8.90. The predicted octanol–water partition coefficient (Wildman–Crippen LogP) is 1.64. The molecular formula is C19H24N4O4. The Morgan fingerprint density at radius 2 is 1.96 bits per heavy atom. The molecule has 0 unspecified atom stereocenters. The highest BCUT2D eigenvalue weighted by atomic mass is 16.5. The molecule has 0 atom stereocenters. The molecule has 1 N–H and O–H groups in total. The molecule has 8 heteroatoms. The van der Waals surface area contributed by atoms with Gasteiger partial charge >= 0.3 is 0 Å². The van der Waals surface area contributed by atoms with Crippen molar-refractivity contribution in [3.63, 3.8) is 0 Å². The minimum Gasteiger partial charge on any atom is -0.495 e. The number of nitrogens with one attached hydrogen (secondary N) is 1. The van der Waals surface area contributed by atoms with E-state index in [1.807, 2.05) is 11.0 Å². The van der Waals surface area contributed by atoms with Crippen LogP contribution < -0.4 is 20.5 Å². The molecule has 1 aromatic carbocycles. The average molecular weight is 372 g/mol. The van der Waals surface area contributed by atoms with Gasteiger partial charge in [0.15, 0.2) is 0 Å². The molecule has 1 amide bonds. The normalized spacial score (nSPS) is 13.6. The second-order valence-electron chi connectivity index (χ2n) is 6.35. The minimum atomic E-state index is -0.316. The van der Waals surface area contributed by atoms with Crippen molar-refractivity contribution >= 4 is 17.5 Å². The molecule has 1 aliphatic rings. The van der Waals surface area contributed by atoms with Gasteiger partial charge in [0, 0.05) is 26.3 Å². The molecule has 1 aliphatic heterocycles. The number of benzene rings is 1. The van der Waals surface area contributed by atoms with Crippen molar-refractivity contribution in [2.75, 3.05) is 37.5 Å². The van der Waals surface area contributed by atoms with E-state index in [0.717, 1.165) is 25.9 Å². The van der Waals surface area contributed by atoms with Crippen LogP contribution >= 0.6 is 0 Å². The van der Waals surface area contributed by atoms with Crippen LogP contribution in [-0.2, 0) is 22.7 Å². The number of hydrogen-bond donors (Lipinski definition) is 1. The van der Waals surface area contributed by atoms with E-state index in [0.29, 0.717) is 23.1 Å².